The third-order valence-corrected chi connectivity index (χ3v) is 4.23. The highest BCUT2D eigenvalue weighted by molar-refractivity contribution is 5.53. The highest BCUT2D eigenvalue weighted by atomic mass is 16.6. The zero-order valence-electron chi connectivity index (χ0n) is 14.4. The molecule has 7 heteroatoms. The van der Waals surface area contributed by atoms with E-state index >= 15 is 0 Å². The number of pyridine rings is 1. The number of nitro groups is 1. The Labute approximate surface area is 145 Å². The monoisotopic (exact) mass is 338 g/mol. The molecule has 7 nitrogen and oxygen atoms in total. The Bertz CT molecular complexity index is 905. The summed E-state index contributed by atoms with van der Waals surface area (Å²) >= 11 is 0. The highest BCUT2D eigenvalue weighted by Crippen LogP contribution is 2.25. The molecule has 0 aliphatic carbocycles. The number of anilines is 1. The van der Waals surface area contributed by atoms with Gasteiger partial charge in [-0.3, -0.25) is 15.0 Å². The quantitative estimate of drug-likeness (QED) is 0.529. The minimum atomic E-state index is -0.380. The third kappa shape index (κ3) is 3.21. The number of aromatic nitrogens is 3. The van der Waals surface area contributed by atoms with Crippen LogP contribution in [0.15, 0.2) is 48.7 Å². The minimum absolute atomic E-state index is 0.0516. The first kappa shape index (κ1) is 16.6. The average Bonchev–Trinajstić information content (AvgIpc) is 2.90. The van der Waals surface area contributed by atoms with E-state index in [1.54, 1.807) is 12.3 Å². The van der Waals surface area contributed by atoms with Gasteiger partial charge in [0.1, 0.15) is 6.54 Å². The molecule has 0 aliphatic rings. The van der Waals surface area contributed by atoms with E-state index in [0.717, 1.165) is 22.6 Å². The summed E-state index contributed by atoms with van der Waals surface area (Å²) in [5.41, 5.74) is 4.03. The van der Waals surface area contributed by atoms with Crippen molar-refractivity contribution in [2.45, 2.75) is 20.4 Å². The van der Waals surface area contributed by atoms with E-state index < -0.39 is 0 Å². The topological polar surface area (TPSA) is 78.3 Å². The Morgan fingerprint density at radius 1 is 1.20 bits per heavy atom. The van der Waals surface area contributed by atoms with E-state index in [-0.39, 0.29) is 10.6 Å². The number of aryl methyl sites for hydroxylation is 1. The molecule has 0 radical (unpaired) electrons. The lowest BCUT2D eigenvalue weighted by molar-refractivity contribution is -0.411. The van der Waals surface area contributed by atoms with Gasteiger partial charge in [0.15, 0.2) is 0 Å². The largest absolute Gasteiger partial charge is 0.357 e. The number of hydrogen-bond donors (Lipinski definition) is 0. The van der Waals surface area contributed by atoms with E-state index in [1.807, 2.05) is 60.8 Å². The van der Waals surface area contributed by atoms with Crippen molar-refractivity contribution in [3.05, 3.63) is 75.7 Å². The Balaban J connectivity index is 1.94. The summed E-state index contributed by atoms with van der Waals surface area (Å²) in [6.45, 7) is 4.49. The third-order valence-electron chi connectivity index (χ3n) is 4.23. The van der Waals surface area contributed by atoms with Gasteiger partial charge in [-0.15, -0.1) is 0 Å². The number of nitrogens with zero attached hydrogens (tertiary/aromatic N) is 4. The molecular weight excluding hydrogens is 318 g/mol. The fourth-order valence-electron chi connectivity index (χ4n) is 2.91. The highest BCUT2D eigenvalue weighted by Gasteiger charge is 2.26. The average molecular weight is 338 g/mol. The minimum Gasteiger partial charge on any atom is -0.258 e. The Hall–Kier alpha value is -3.22. The number of rotatable bonds is 5. The summed E-state index contributed by atoms with van der Waals surface area (Å²) < 4.78 is 1.90. The van der Waals surface area contributed by atoms with E-state index in [1.165, 1.54) is 6.07 Å². The van der Waals surface area contributed by atoms with Crippen LogP contribution in [0.3, 0.4) is 0 Å². The van der Waals surface area contributed by atoms with Crippen molar-refractivity contribution >= 4 is 11.5 Å². The van der Waals surface area contributed by atoms with Gasteiger partial charge in [-0.25, -0.2) is 9.67 Å². The maximum atomic E-state index is 11.2. The summed E-state index contributed by atoms with van der Waals surface area (Å²) in [6.07, 6.45) is 1.69. The van der Waals surface area contributed by atoms with E-state index in [9.17, 15) is 10.1 Å². The van der Waals surface area contributed by atoms with Gasteiger partial charge in [-0.05, 0) is 32.0 Å². The first-order chi connectivity index (χ1) is 12.0. The molecule has 3 rings (SSSR count). The molecule has 25 heavy (non-hydrogen) atoms. The number of para-hydroxylation sites is 1. The number of nitrogens with one attached hydrogen (secondary N) is 1. The lowest BCUT2D eigenvalue weighted by Gasteiger charge is -2.11. The maximum Gasteiger partial charge on any atom is 0.357 e. The van der Waals surface area contributed by atoms with Crippen molar-refractivity contribution in [1.29, 1.82) is 0 Å². The molecule has 0 amide bonds. The normalized spacial score (nSPS) is 10.7. The number of benzene rings is 1. The van der Waals surface area contributed by atoms with E-state index in [4.69, 9.17) is 0 Å². The van der Waals surface area contributed by atoms with Gasteiger partial charge in [0.05, 0.1) is 29.5 Å². The summed E-state index contributed by atoms with van der Waals surface area (Å²) in [7, 11) is 1.83. The molecule has 0 saturated heterocycles. The second-order valence-corrected chi connectivity index (χ2v) is 5.91. The van der Waals surface area contributed by atoms with Crippen molar-refractivity contribution in [3.63, 3.8) is 0 Å². The molecular formula is C18H20N5O2+. The van der Waals surface area contributed by atoms with Crippen molar-refractivity contribution in [2.24, 2.45) is 0 Å². The summed E-state index contributed by atoms with van der Waals surface area (Å²) in [5, 5.41) is 15.9. The lowest BCUT2D eigenvalue weighted by atomic mass is 10.2. The van der Waals surface area contributed by atoms with Crippen LogP contribution in [0.2, 0.25) is 0 Å². The van der Waals surface area contributed by atoms with Crippen LogP contribution in [0.25, 0.3) is 5.69 Å². The Kier molecular flexibility index (Phi) is 4.47. The second-order valence-electron chi connectivity index (χ2n) is 5.91. The number of hydrogen-bond acceptors (Lipinski definition) is 4. The Morgan fingerprint density at radius 2 is 1.92 bits per heavy atom. The van der Waals surface area contributed by atoms with Crippen LogP contribution in [0, 0.1) is 24.0 Å². The van der Waals surface area contributed by atoms with Crippen LogP contribution in [0.5, 0.6) is 0 Å². The summed E-state index contributed by atoms with van der Waals surface area (Å²) in [6, 6.07) is 13.0. The van der Waals surface area contributed by atoms with Gasteiger partial charge in [-0.1, -0.05) is 18.2 Å². The molecule has 0 aliphatic heterocycles. The van der Waals surface area contributed by atoms with Crippen LogP contribution >= 0.6 is 0 Å². The van der Waals surface area contributed by atoms with Gasteiger partial charge < -0.3 is 0 Å². The summed E-state index contributed by atoms with van der Waals surface area (Å²) in [4.78, 5) is 15.7. The molecule has 0 spiro atoms. The smallest absolute Gasteiger partial charge is 0.258 e. The number of H-pyrrole nitrogens is 1. The molecule has 1 aromatic carbocycles. The molecule has 0 atom stereocenters. The fraction of sp³-hybridized carbons (Fsp3) is 0.222. The van der Waals surface area contributed by atoms with Crippen LogP contribution in [0.1, 0.15) is 17.0 Å². The fourth-order valence-corrected chi connectivity index (χ4v) is 2.91. The van der Waals surface area contributed by atoms with Gasteiger partial charge in [0, 0.05) is 17.3 Å². The SMILES string of the molecule is Cc1nn(-c2ccccc2)c(C)c1CN(C)c1[nH+]cccc1[N+](=O)[O-]. The molecule has 2 heterocycles. The van der Waals surface area contributed by atoms with Gasteiger partial charge in [0.25, 0.3) is 0 Å². The van der Waals surface area contributed by atoms with Gasteiger partial charge in [-0.2, -0.15) is 5.10 Å². The molecule has 1 N–H and O–H groups in total. The van der Waals surface area contributed by atoms with Gasteiger partial charge in [0.2, 0.25) is 0 Å². The van der Waals surface area contributed by atoms with Gasteiger partial charge >= 0.3 is 11.5 Å². The van der Waals surface area contributed by atoms with Crippen LogP contribution in [-0.2, 0) is 6.54 Å². The standard InChI is InChI=1S/C18H19N5O2/c1-13-16(14(2)22(20-13)15-8-5-4-6-9-15)12-21(3)18-17(23(24)25)10-7-11-19-18/h4-11H,12H2,1-3H3/p+1. The van der Waals surface area contributed by atoms with Crippen molar-refractivity contribution in [3.8, 4) is 5.69 Å². The maximum absolute atomic E-state index is 11.2. The molecule has 0 bridgehead atoms. The predicted molar refractivity (Wildman–Crippen MR) is 94.8 cm³/mol. The predicted octanol–water partition coefficient (Wildman–Crippen LogP) is 2.85. The zero-order chi connectivity index (χ0) is 18.0. The number of aromatic amines is 1. The first-order valence-electron chi connectivity index (χ1n) is 7.95. The Morgan fingerprint density at radius 3 is 2.60 bits per heavy atom. The van der Waals surface area contributed by atoms with E-state index in [2.05, 4.69) is 10.1 Å². The van der Waals surface area contributed by atoms with Crippen LogP contribution in [-0.4, -0.2) is 21.8 Å². The van der Waals surface area contributed by atoms with E-state index in [0.29, 0.717) is 12.4 Å². The van der Waals surface area contributed by atoms with Crippen molar-refractivity contribution in [2.75, 3.05) is 11.9 Å². The van der Waals surface area contributed by atoms with Crippen LogP contribution in [0.4, 0.5) is 11.5 Å². The second kappa shape index (κ2) is 6.72. The van der Waals surface area contributed by atoms with Crippen LogP contribution < -0.4 is 9.88 Å². The summed E-state index contributed by atoms with van der Waals surface area (Å²) in [5.74, 6) is 0.471. The van der Waals surface area contributed by atoms with Crippen molar-refractivity contribution in [1.82, 2.24) is 9.78 Å². The molecule has 2 aromatic heterocycles. The van der Waals surface area contributed by atoms with Crippen molar-refractivity contribution < 1.29 is 9.91 Å². The first-order valence-corrected chi connectivity index (χ1v) is 7.95. The molecule has 0 fully saturated rings. The molecule has 3 aromatic rings. The molecule has 0 unspecified atom stereocenters. The molecule has 0 saturated carbocycles. The lowest BCUT2D eigenvalue weighted by Crippen LogP contribution is -2.26. The zero-order valence-corrected chi connectivity index (χ0v) is 14.4. The molecule has 128 valence electrons.